The van der Waals surface area contributed by atoms with Crippen LogP contribution in [0.2, 0.25) is 0 Å². The Morgan fingerprint density at radius 1 is 1.39 bits per heavy atom. The summed E-state index contributed by atoms with van der Waals surface area (Å²) >= 11 is 0. The van der Waals surface area contributed by atoms with Gasteiger partial charge < -0.3 is 14.8 Å². The second-order valence-electron chi connectivity index (χ2n) is 6.12. The van der Waals surface area contributed by atoms with Crippen LogP contribution < -0.4 is 5.32 Å². The molecule has 0 aliphatic carbocycles. The second kappa shape index (κ2) is 6.96. The lowest BCUT2D eigenvalue weighted by Gasteiger charge is -2.22. The molecule has 0 saturated heterocycles. The third-order valence-corrected chi connectivity index (χ3v) is 3.81. The molecule has 2 aromatic rings. The highest BCUT2D eigenvalue weighted by Gasteiger charge is 2.27. The maximum Gasteiger partial charge on any atom is 0.220 e. The molecule has 0 aliphatic rings. The van der Waals surface area contributed by atoms with Gasteiger partial charge in [0.05, 0.1) is 6.54 Å². The van der Waals surface area contributed by atoms with Crippen LogP contribution >= 0.6 is 0 Å². The van der Waals surface area contributed by atoms with Gasteiger partial charge >= 0.3 is 0 Å². The Balaban J connectivity index is 1.89. The van der Waals surface area contributed by atoms with Gasteiger partial charge in [-0.05, 0) is 49.6 Å². The van der Waals surface area contributed by atoms with E-state index >= 15 is 0 Å². The fourth-order valence-corrected chi connectivity index (χ4v) is 2.36. The van der Waals surface area contributed by atoms with Gasteiger partial charge in [0.25, 0.3) is 0 Å². The Hall–Kier alpha value is -2.14. The monoisotopic (exact) mass is 319 g/mol. The minimum atomic E-state index is -1.27. The summed E-state index contributed by atoms with van der Waals surface area (Å²) in [6.45, 7) is 5.29. The molecular formula is C18H22FNO3. The van der Waals surface area contributed by atoms with Crippen LogP contribution in [0.15, 0.2) is 40.8 Å². The van der Waals surface area contributed by atoms with Crippen LogP contribution in [0.4, 0.5) is 4.39 Å². The summed E-state index contributed by atoms with van der Waals surface area (Å²) in [5, 5.41) is 13.1. The number of halogens is 1. The zero-order valence-corrected chi connectivity index (χ0v) is 13.6. The fourth-order valence-electron chi connectivity index (χ4n) is 2.36. The summed E-state index contributed by atoms with van der Waals surface area (Å²) in [5.74, 6) is 0.484. The van der Waals surface area contributed by atoms with Gasteiger partial charge in [-0.2, -0.15) is 0 Å². The number of hydrogen-bond acceptors (Lipinski definition) is 3. The lowest BCUT2D eigenvalue weighted by molar-refractivity contribution is -0.122. The minimum absolute atomic E-state index is 0.0503. The van der Waals surface area contributed by atoms with Crippen molar-refractivity contribution < 1.29 is 18.7 Å². The molecule has 2 unspecified atom stereocenters. The fraction of sp³-hybridized carbons (Fsp3) is 0.389. The number of aliphatic hydroxyl groups is 1. The molecule has 2 N–H and O–H groups in total. The molecule has 2 atom stereocenters. The molecule has 2 rings (SSSR count). The van der Waals surface area contributed by atoms with Gasteiger partial charge in [-0.1, -0.05) is 19.1 Å². The van der Waals surface area contributed by atoms with Crippen molar-refractivity contribution in [3.05, 3.63) is 59.3 Å². The van der Waals surface area contributed by atoms with Crippen molar-refractivity contribution in [2.45, 2.75) is 38.7 Å². The van der Waals surface area contributed by atoms with Crippen molar-refractivity contribution in [2.24, 2.45) is 0 Å². The van der Waals surface area contributed by atoms with Crippen molar-refractivity contribution >= 4 is 5.91 Å². The molecule has 1 aromatic heterocycles. The quantitative estimate of drug-likeness (QED) is 0.859. The number of carbonyl (C=O) groups is 1. The van der Waals surface area contributed by atoms with Crippen molar-refractivity contribution in [3.63, 3.8) is 0 Å². The average molecular weight is 319 g/mol. The molecule has 4 nitrogen and oxygen atoms in total. The normalized spacial score (nSPS) is 15.0. The molecule has 124 valence electrons. The van der Waals surface area contributed by atoms with Crippen LogP contribution in [0.1, 0.15) is 43.3 Å². The van der Waals surface area contributed by atoms with Crippen LogP contribution in [-0.2, 0) is 10.4 Å². The molecule has 1 heterocycles. The highest BCUT2D eigenvalue weighted by molar-refractivity contribution is 5.76. The number of amides is 1. The Morgan fingerprint density at radius 2 is 2.13 bits per heavy atom. The van der Waals surface area contributed by atoms with E-state index in [4.69, 9.17) is 4.42 Å². The molecular weight excluding hydrogens is 297 g/mol. The molecule has 5 heteroatoms. The van der Waals surface area contributed by atoms with Gasteiger partial charge in [0.2, 0.25) is 5.91 Å². The van der Waals surface area contributed by atoms with E-state index in [0.29, 0.717) is 11.5 Å². The van der Waals surface area contributed by atoms with Crippen LogP contribution in [0, 0.1) is 12.7 Å². The van der Waals surface area contributed by atoms with Crippen molar-refractivity contribution in [3.8, 4) is 0 Å². The molecule has 1 aromatic carbocycles. The first-order valence-electron chi connectivity index (χ1n) is 7.59. The summed E-state index contributed by atoms with van der Waals surface area (Å²) in [6, 6.07) is 9.68. The van der Waals surface area contributed by atoms with E-state index in [0.717, 1.165) is 5.56 Å². The zero-order valence-electron chi connectivity index (χ0n) is 13.6. The highest BCUT2D eigenvalue weighted by Crippen LogP contribution is 2.23. The van der Waals surface area contributed by atoms with E-state index in [1.54, 1.807) is 38.1 Å². The number of benzene rings is 1. The van der Waals surface area contributed by atoms with Crippen LogP contribution in [0.3, 0.4) is 0 Å². The first kappa shape index (κ1) is 17.2. The maximum absolute atomic E-state index is 13.2. The van der Waals surface area contributed by atoms with Crippen molar-refractivity contribution in [2.75, 3.05) is 6.54 Å². The molecule has 0 saturated carbocycles. The standard InChI is InChI=1S/C18H22FNO3/c1-12(14-5-4-6-15(19)10-14)9-17(21)20-11-18(3,22)16-8-7-13(2)23-16/h4-8,10,12,22H,9,11H2,1-3H3,(H,20,21). The smallest absolute Gasteiger partial charge is 0.220 e. The third kappa shape index (κ3) is 4.66. The van der Waals surface area contributed by atoms with Gasteiger partial charge in [-0.15, -0.1) is 0 Å². The Bertz CT molecular complexity index is 678. The van der Waals surface area contributed by atoms with E-state index in [9.17, 15) is 14.3 Å². The van der Waals surface area contributed by atoms with Crippen LogP contribution in [-0.4, -0.2) is 17.6 Å². The molecule has 0 spiro atoms. The number of carbonyl (C=O) groups excluding carboxylic acids is 1. The van der Waals surface area contributed by atoms with Crippen LogP contribution in [0.5, 0.6) is 0 Å². The summed E-state index contributed by atoms with van der Waals surface area (Å²) in [7, 11) is 0. The predicted octanol–water partition coefficient (Wildman–Crippen LogP) is 3.24. The summed E-state index contributed by atoms with van der Waals surface area (Å²) in [5.41, 5.74) is -0.500. The van der Waals surface area contributed by atoms with Gasteiger partial charge in [-0.3, -0.25) is 4.79 Å². The maximum atomic E-state index is 13.2. The predicted molar refractivity (Wildman–Crippen MR) is 85.5 cm³/mol. The van der Waals surface area contributed by atoms with Crippen molar-refractivity contribution in [1.82, 2.24) is 5.32 Å². The lowest BCUT2D eigenvalue weighted by atomic mass is 9.97. The molecule has 0 fully saturated rings. The summed E-state index contributed by atoms with van der Waals surface area (Å²) < 4.78 is 18.6. The largest absolute Gasteiger partial charge is 0.463 e. The first-order valence-corrected chi connectivity index (χ1v) is 7.59. The van der Waals surface area contributed by atoms with Crippen molar-refractivity contribution in [1.29, 1.82) is 0 Å². The molecule has 0 radical (unpaired) electrons. The number of aryl methyl sites for hydroxylation is 1. The van der Waals surface area contributed by atoms with Gasteiger partial charge in [-0.25, -0.2) is 4.39 Å². The van der Waals surface area contributed by atoms with Gasteiger partial charge in [0.15, 0.2) is 0 Å². The Labute approximate surface area is 135 Å². The Kier molecular flexibility index (Phi) is 5.21. The van der Waals surface area contributed by atoms with E-state index in [2.05, 4.69) is 5.32 Å². The molecule has 23 heavy (non-hydrogen) atoms. The number of hydrogen-bond donors (Lipinski definition) is 2. The van der Waals surface area contributed by atoms with E-state index < -0.39 is 5.60 Å². The SMILES string of the molecule is Cc1ccc(C(C)(O)CNC(=O)CC(C)c2cccc(F)c2)o1. The van der Waals surface area contributed by atoms with Crippen LogP contribution in [0.25, 0.3) is 0 Å². The van der Waals surface area contributed by atoms with Gasteiger partial charge in [0.1, 0.15) is 22.9 Å². The van der Waals surface area contributed by atoms with E-state index in [1.807, 2.05) is 6.92 Å². The molecule has 0 bridgehead atoms. The first-order chi connectivity index (χ1) is 10.8. The lowest BCUT2D eigenvalue weighted by Crippen LogP contribution is -2.38. The highest BCUT2D eigenvalue weighted by atomic mass is 19.1. The summed E-state index contributed by atoms with van der Waals surface area (Å²) in [4.78, 5) is 12.0. The average Bonchev–Trinajstić information content (AvgIpc) is 2.93. The van der Waals surface area contributed by atoms with Gasteiger partial charge in [0, 0.05) is 6.42 Å². The molecule has 0 aliphatic heterocycles. The Morgan fingerprint density at radius 3 is 2.74 bits per heavy atom. The zero-order chi connectivity index (χ0) is 17.0. The van der Waals surface area contributed by atoms with E-state index in [-0.39, 0.29) is 30.6 Å². The summed E-state index contributed by atoms with van der Waals surface area (Å²) in [6.07, 6.45) is 0.219. The number of rotatable bonds is 6. The second-order valence-corrected chi connectivity index (χ2v) is 6.12. The third-order valence-electron chi connectivity index (χ3n) is 3.81. The number of nitrogens with one attached hydrogen (secondary N) is 1. The minimum Gasteiger partial charge on any atom is -0.463 e. The molecule has 1 amide bonds. The number of furan rings is 1. The van der Waals surface area contributed by atoms with E-state index in [1.165, 1.54) is 12.1 Å². The topological polar surface area (TPSA) is 62.5 Å².